The number of hydrogen-bond acceptors (Lipinski definition) is 4. The summed E-state index contributed by atoms with van der Waals surface area (Å²) < 4.78 is 0. The van der Waals surface area contributed by atoms with Crippen LogP contribution in [0.15, 0.2) is 6.20 Å². The number of rotatable bonds is 0. The lowest BCUT2D eigenvalue weighted by Crippen LogP contribution is -2.30. The van der Waals surface area contributed by atoms with Crippen LogP contribution in [0.3, 0.4) is 0 Å². The summed E-state index contributed by atoms with van der Waals surface area (Å²) in [5.41, 5.74) is 12.2. The minimum Gasteiger partial charge on any atom is -0.368 e. The van der Waals surface area contributed by atoms with Crippen molar-refractivity contribution in [3.05, 3.63) is 17.5 Å². The average molecular weight is 179 g/mol. The number of carbonyl (C=O) groups is 1. The first-order valence-corrected chi connectivity index (χ1v) is 3.81. The van der Waals surface area contributed by atoms with Crippen molar-refractivity contribution in [1.29, 1.82) is 0 Å². The van der Waals surface area contributed by atoms with Crippen LogP contribution in [0.1, 0.15) is 11.3 Å². The van der Waals surface area contributed by atoms with Crippen molar-refractivity contribution in [2.24, 2.45) is 5.73 Å². The minimum absolute atomic E-state index is 0.227. The van der Waals surface area contributed by atoms with Gasteiger partial charge in [-0.3, -0.25) is 0 Å². The van der Waals surface area contributed by atoms with Crippen molar-refractivity contribution in [1.82, 2.24) is 14.9 Å². The van der Waals surface area contributed by atoms with Crippen molar-refractivity contribution in [2.75, 3.05) is 5.73 Å². The zero-order valence-electron chi connectivity index (χ0n) is 6.90. The molecular formula is C7H9N5O. The molecule has 68 valence electrons. The molecule has 6 heteroatoms. The number of nitrogens with two attached hydrogens (primary N) is 2. The molecule has 1 aromatic heterocycles. The fraction of sp³-hybridized carbons (Fsp3) is 0.286. The highest BCUT2D eigenvalue weighted by Crippen LogP contribution is 2.19. The van der Waals surface area contributed by atoms with Crippen LogP contribution in [0, 0.1) is 0 Å². The lowest BCUT2D eigenvalue weighted by molar-refractivity contribution is 0.208. The number of nitrogens with zero attached hydrogens (tertiary/aromatic N) is 3. The molecule has 0 atom stereocenters. The van der Waals surface area contributed by atoms with Gasteiger partial charge in [0, 0.05) is 11.8 Å². The number of urea groups is 1. The Morgan fingerprint density at radius 1 is 1.54 bits per heavy atom. The Bertz CT molecular complexity index is 364. The number of aromatic nitrogens is 2. The molecule has 1 aromatic rings. The quantitative estimate of drug-likeness (QED) is 0.558. The first kappa shape index (κ1) is 7.78. The molecule has 2 amide bonds. The van der Waals surface area contributed by atoms with E-state index in [0.29, 0.717) is 13.1 Å². The zero-order valence-corrected chi connectivity index (χ0v) is 6.90. The van der Waals surface area contributed by atoms with Crippen molar-refractivity contribution < 1.29 is 4.79 Å². The average Bonchev–Trinajstić information content (AvgIpc) is 2.46. The van der Waals surface area contributed by atoms with E-state index in [1.807, 2.05) is 0 Å². The van der Waals surface area contributed by atoms with E-state index in [-0.39, 0.29) is 5.95 Å². The maximum Gasteiger partial charge on any atom is 0.315 e. The molecule has 0 bridgehead atoms. The van der Waals surface area contributed by atoms with E-state index in [9.17, 15) is 4.79 Å². The predicted octanol–water partition coefficient (Wildman–Crippen LogP) is -0.547. The van der Waals surface area contributed by atoms with Crippen molar-refractivity contribution in [3.8, 4) is 0 Å². The van der Waals surface area contributed by atoms with E-state index in [2.05, 4.69) is 9.97 Å². The maximum atomic E-state index is 10.8. The van der Waals surface area contributed by atoms with E-state index >= 15 is 0 Å². The lowest BCUT2D eigenvalue weighted by atomic mass is 10.3. The Hall–Kier alpha value is -1.85. The molecule has 0 aliphatic carbocycles. The number of amides is 2. The van der Waals surface area contributed by atoms with Crippen LogP contribution in [-0.4, -0.2) is 20.9 Å². The molecule has 2 rings (SSSR count). The van der Waals surface area contributed by atoms with E-state index in [4.69, 9.17) is 11.5 Å². The third kappa shape index (κ3) is 1.26. The Kier molecular flexibility index (Phi) is 1.54. The van der Waals surface area contributed by atoms with Crippen molar-refractivity contribution in [3.63, 3.8) is 0 Å². The lowest BCUT2D eigenvalue weighted by Gasteiger charge is -2.09. The van der Waals surface area contributed by atoms with Gasteiger partial charge in [0.25, 0.3) is 0 Å². The Morgan fingerprint density at radius 3 is 3.00 bits per heavy atom. The third-order valence-corrected chi connectivity index (χ3v) is 1.99. The summed E-state index contributed by atoms with van der Waals surface area (Å²) in [4.78, 5) is 20.1. The first-order valence-electron chi connectivity index (χ1n) is 3.81. The van der Waals surface area contributed by atoms with Gasteiger partial charge in [-0.05, 0) is 0 Å². The van der Waals surface area contributed by atoms with Crippen LogP contribution in [0.5, 0.6) is 0 Å². The summed E-state index contributed by atoms with van der Waals surface area (Å²) in [7, 11) is 0. The molecule has 1 aliphatic heterocycles. The van der Waals surface area contributed by atoms with E-state index in [1.54, 1.807) is 6.20 Å². The van der Waals surface area contributed by atoms with Crippen molar-refractivity contribution in [2.45, 2.75) is 13.1 Å². The Labute approximate surface area is 74.6 Å². The molecule has 0 unspecified atom stereocenters. The fourth-order valence-corrected chi connectivity index (χ4v) is 1.32. The minimum atomic E-state index is -0.448. The summed E-state index contributed by atoms with van der Waals surface area (Å²) in [6, 6.07) is -0.448. The number of hydrogen-bond donors (Lipinski definition) is 2. The molecule has 1 aliphatic rings. The summed E-state index contributed by atoms with van der Waals surface area (Å²) in [5, 5.41) is 0. The van der Waals surface area contributed by atoms with Crippen LogP contribution >= 0.6 is 0 Å². The van der Waals surface area contributed by atoms with Gasteiger partial charge >= 0.3 is 6.03 Å². The molecule has 6 nitrogen and oxygen atoms in total. The van der Waals surface area contributed by atoms with Crippen LogP contribution in [0.4, 0.5) is 10.7 Å². The van der Waals surface area contributed by atoms with Gasteiger partial charge in [-0.15, -0.1) is 0 Å². The van der Waals surface area contributed by atoms with Gasteiger partial charge in [0.15, 0.2) is 0 Å². The molecule has 0 saturated carbocycles. The smallest absolute Gasteiger partial charge is 0.315 e. The SMILES string of the molecule is NC(=O)N1Cc2cnc(N)nc2C1. The number of carbonyl (C=O) groups excluding carboxylic acids is 1. The van der Waals surface area contributed by atoms with Gasteiger partial charge in [0.05, 0.1) is 18.8 Å². The van der Waals surface area contributed by atoms with Crippen molar-refractivity contribution >= 4 is 12.0 Å². The summed E-state index contributed by atoms with van der Waals surface area (Å²) in [6.45, 7) is 0.905. The molecule has 0 saturated heterocycles. The molecule has 2 heterocycles. The summed E-state index contributed by atoms with van der Waals surface area (Å²) in [6.07, 6.45) is 1.63. The van der Waals surface area contributed by atoms with Crippen LogP contribution in [0.2, 0.25) is 0 Å². The Balaban J connectivity index is 2.30. The second-order valence-corrected chi connectivity index (χ2v) is 2.89. The molecule has 0 spiro atoms. The molecule has 4 N–H and O–H groups in total. The van der Waals surface area contributed by atoms with Gasteiger partial charge in [-0.25, -0.2) is 14.8 Å². The normalized spacial score (nSPS) is 14.3. The van der Waals surface area contributed by atoms with E-state index in [1.165, 1.54) is 4.90 Å². The van der Waals surface area contributed by atoms with Gasteiger partial charge < -0.3 is 16.4 Å². The van der Waals surface area contributed by atoms with Gasteiger partial charge in [-0.1, -0.05) is 0 Å². The summed E-state index contributed by atoms with van der Waals surface area (Å²) >= 11 is 0. The molecular weight excluding hydrogens is 170 g/mol. The monoisotopic (exact) mass is 179 g/mol. The predicted molar refractivity (Wildman–Crippen MR) is 45.3 cm³/mol. The third-order valence-electron chi connectivity index (χ3n) is 1.99. The first-order chi connectivity index (χ1) is 6.16. The summed E-state index contributed by atoms with van der Waals surface area (Å²) in [5.74, 6) is 0.227. The number of nitrogen functional groups attached to an aromatic ring is 1. The van der Waals surface area contributed by atoms with Crippen LogP contribution in [-0.2, 0) is 13.1 Å². The standard InChI is InChI=1S/C7H9N5O/c8-6-10-1-4-2-12(7(9)13)3-5(4)11-6/h1H,2-3H2,(H2,9,13)(H2,8,10,11). The molecule has 0 aromatic carbocycles. The molecule has 13 heavy (non-hydrogen) atoms. The highest BCUT2D eigenvalue weighted by atomic mass is 16.2. The number of anilines is 1. The number of primary amides is 1. The highest BCUT2D eigenvalue weighted by molar-refractivity contribution is 5.72. The largest absolute Gasteiger partial charge is 0.368 e. The van der Waals surface area contributed by atoms with Gasteiger partial charge in [0.2, 0.25) is 5.95 Å². The van der Waals surface area contributed by atoms with Crippen LogP contribution < -0.4 is 11.5 Å². The van der Waals surface area contributed by atoms with E-state index < -0.39 is 6.03 Å². The van der Waals surface area contributed by atoms with E-state index in [0.717, 1.165) is 11.3 Å². The topological polar surface area (TPSA) is 98.1 Å². The van der Waals surface area contributed by atoms with Crippen LogP contribution in [0.25, 0.3) is 0 Å². The Morgan fingerprint density at radius 2 is 2.31 bits per heavy atom. The molecule has 0 fully saturated rings. The zero-order chi connectivity index (χ0) is 9.42. The molecule has 0 radical (unpaired) electrons. The van der Waals surface area contributed by atoms with Gasteiger partial charge in [0.1, 0.15) is 0 Å². The fourth-order valence-electron chi connectivity index (χ4n) is 1.32. The number of fused-ring (bicyclic) bond motifs is 1. The van der Waals surface area contributed by atoms with Gasteiger partial charge in [-0.2, -0.15) is 0 Å². The second kappa shape index (κ2) is 2.58. The second-order valence-electron chi connectivity index (χ2n) is 2.89. The maximum absolute atomic E-state index is 10.8. The highest BCUT2D eigenvalue weighted by Gasteiger charge is 2.22.